The molecule has 24 nitrogen and oxygen atoms in total. The number of aliphatic hydroxyl groups excluding tert-OH is 1. The van der Waals surface area contributed by atoms with Gasteiger partial charge in [-0.2, -0.15) is 0 Å². The predicted molar refractivity (Wildman–Crippen MR) is 201 cm³/mol. The Morgan fingerprint density at radius 3 is 1.59 bits per heavy atom. The third-order valence-corrected chi connectivity index (χ3v) is 9.76. The van der Waals surface area contributed by atoms with Crippen molar-refractivity contribution in [3.05, 3.63) is 0 Å². The third-order valence-electron chi connectivity index (χ3n) is 9.76. The highest BCUT2D eigenvalue weighted by Crippen LogP contribution is 2.22. The lowest BCUT2D eigenvalue weighted by atomic mass is 10.0. The minimum absolute atomic E-state index is 0.0307. The number of aliphatic carboxylic acids is 2. The van der Waals surface area contributed by atoms with E-state index in [1.54, 1.807) is 13.8 Å². The summed E-state index contributed by atoms with van der Waals surface area (Å²) in [6.45, 7) is 5.51. The summed E-state index contributed by atoms with van der Waals surface area (Å²) < 4.78 is 0. The van der Waals surface area contributed by atoms with Crippen LogP contribution >= 0.6 is 0 Å². The molecule has 0 aromatic heterocycles. The van der Waals surface area contributed by atoms with E-state index in [0.717, 1.165) is 16.7 Å². The molecule has 14 N–H and O–H groups in total. The largest absolute Gasteiger partial charge is 0.481 e. The van der Waals surface area contributed by atoms with Crippen molar-refractivity contribution in [2.45, 2.75) is 134 Å². The minimum Gasteiger partial charge on any atom is -0.481 e. The minimum atomic E-state index is -1.75. The highest BCUT2D eigenvalue weighted by molar-refractivity contribution is 5.99. The van der Waals surface area contributed by atoms with Crippen LogP contribution in [0.2, 0.25) is 0 Å². The van der Waals surface area contributed by atoms with Crippen molar-refractivity contribution >= 4 is 65.1 Å². The smallest absolute Gasteiger partial charge is 0.326 e. The van der Waals surface area contributed by atoms with Gasteiger partial charge in [0, 0.05) is 19.5 Å². The van der Waals surface area contributed by atoms with Crippen LogP contribution in [0.4, 0.5) is 0 Å². The number of carbonyl (C=O) groups excluding carboxylic acids is 9. The van der Waals surface area contributed by atoms with E-state index >= 15 is 0 Å². The van der Waals surface area contributed by atoms with Crippen LogP contribution in [0.1, 0.15) is 79.1 Å². The average Bonchev–Trinajstić information content (AvgIpc) is 3.83. The van der Waals surface area contributed by atoms with E-state index in [4.69, 9.17) is 17.2 Å². The number of likely N-dealkylation sites (tertiary alicyclic amines) is 2. The van der Waals surface area contributed by atoms with E-state index in [0.29, 0.717) is 6.42 Å². The van der Waals surface area contributed by atoms with E-state index in [-0.39, 0.29) is 32.4 Å². The Kier molecular flexibility index (Phi) is 18.6. The molecule has 0 spiro atoms. The molecule has 9 amide bonds. The fraction of sp³-hybridized carbons (Fsp3) is 0.686. The zero-order chi connectivity index (χ0) is 44.9. The summed E-state index contributed by atoms with van der Waals surface area (Å²) in [5.41, 5.74) is 16.3. The van der Waals surface area contributed by atoms with Crippen LogP contribution in [0.3, 0.4) is 0 Å². The van der Waals surface area contributed by atoms with Gasteiger partial charge in [-0.15, -0.1) is 0 Å². The average molecular weight is 841 g/mol. The first-order chi connectivity index (χ1) is 27.5. The number of hydrogen-bond acceptors (Lipinski definition) is 13. The molecule has 0 unspecified atom stereocenters. The molecular formula is C35H56N10O14. The highest BCUT2D eigenvalue weighted by atomic mass is 16.4. The summed E-state index contributed by atoms with van der Waals surface area (Å²) in [6.07, 6.45) is -3.16. The molecule has 59 heavy (non-hydrogen) atoms. The van der Waals surface area contributed by atoms with E-state index in [1.807, 2.05) is 0 Å². The van der Waals surface area contributed by atoms with Crippen LogP contribution in [0.5, 0.6) is 0 Å². The first kappa shape index (κ1) is 49.2. The predicted octanol–water partition coefficient (Wildman–Crippen LogP) is -5.52. The zero-order valence-electron chi connectivity index (χ0n) is 33.3. The van der Waals surface area contributed by atoms with Crippen LogP contribution in [-0.2, 0) is 52.7 Å². The van der Waals surface area contributed by atoms with Crippen LogP contribution in [0, 0.1) is 5.92 Å². The summed E-state index contributed by atoms with van der Waals surface area (Å²) in [5, 5.41) is 40.7. The van der Waals surface area contributed by atoms with E-state index in [9.17, 15) is 68.1 Å². The topological polar surface area (TPSA) is 393 Å². The molecule has 0 bridgehead atoms. The molecule has 2 aliphatic rings. The van der Waals surface area contributed by atoms with Gasteiger partial charge in [0.1, 0.15) is 42.3 Å². The van der Waals surface area contributed by atoms with Crippen molar-refractivity contribution in [3.8, 4) is 0 Å². The van der Waals surface area contributed by atoms with Crippen molar-refractivity contribution in [1.29, 1.82) is 0 Å². The first-order valence-electron chi connectivity index (χ1n) is 19.0. The number of nitrogens with zero attached hydrogens (tertiary/aromatic N) is 2. The molecule has 0 aliphatic carbocycles. The number of amides is 9. The molecule has 2 saturated heterocycles. The number of carboxylic acid groups (broad SMARTS) is 2. The normalized spacial score (nSPS) is 19.8. The van der Waals surface area contributed by atoms with Crippen molar-refractivity contribution in [1.82, 2.24) is 36.4 Å². The van der Waals surface area contributed by atoms with Crippen molar-refractivity contribution < 1.29 is 68.1 Å². The Labute approximate surface area is 339 Å². The number of carboxylic acids is 2. The molecule has 9 atom stereocenters. The van der Waals surface area contributed by atoms with Gasteiger partial charge in [0.2, 0.25) is 53.2 Å². The van der Waals surface area contributed by atoms with Gasteiger partial charge in [-0.3, -0.25) is 47.9 Å². The number of primary amides is 2. The monoisotopic (exact) mass is 840 g/mol. The second-order valence-corrected chi connectivity index (χ2v) is 14.9. The van der Waals surface area contributed by atoms with E-state index < -0.39 is 151 Å². The zero-order valence-corrected chi connectivity index (χ0v) is 33.3. The van der Waals surface area contributed by atoms with Crippen molar-refractivity contribution in [2.75, 3.05) is 13.1 Å². The molecule has 0 aromatic rings. The van der Waals surface area contributed by atoms with Gasteiger partial charge in [-0.1, -0.05) is 13.8 Å². The molecule has 2 heterocycles. The molecule has 0 aromatic carbocycles. The highest BCUT2D eigenvalue weighted by Gasteiger charge is 2.42. The Balaban J connectivity index is 2.24. The summed E-state index contributed by atoms with van der Waals surface area (Å²) >= 11 is 0. The Hall–Kier alpha value is -5.91. The SMILES string of the molecule is CC(C)[C@H](NC(=O)[C@H](C)NC(=O)[C@@H](NC(=O)[C@H](CCC(=O)O)NC(=O)[C@@H]1CCCN1C(=O)[C@H](CC(N)=O)NC(=O)[C@@H]1CCCN1C(=O)[C@@H](N)CC(N)=O)[C@@H](C)O)C(=O)O. The lowest BCUT2D eigenvalue weighted by molar-refractivity contribution is -0.145. The molecule has 2 fully saturated rings. The van der Waals surface area contributed by atoms with Gasteiger partial charge in [-0.25, -0.2) is 4.79 Å². The first-order valence-corrected chi connectivity index (χ1v) is 19.0. The maximum absolute atomic E-state index is 13.9. The summed E-state index contributed by atoms with van der Waals surface area (Å²) in [7, 11) is 0. The van der Waals surface area contributed by atoms with Crippen molar-refractivity contribution in [2.24, 2.45) is 23.1 Å². The van der Waals surface area contributed by atoms with Gasteiger partial charge in [0.15, 0.2) is 0 Å². The molecule has 24 heteroatoms. The fourth-order valence-electron chi connectivity index (χ4n) is 6.62. The molecular weight excluding hydrogens is 784 g/mol. The van der Waals surface area contributed by atoms with Crippen molar-refractivity contribution in [3.63, 3.8) is 0 Å². The van der Waals surface area contributed by atoms with Gasteiger partial charge in [-0.05, 0) is 51.9 Å². The van der Waals surface area contributed by atoms with E-state index in [1.165, 1.54) is 6.92 Å². The molecule has 0 radical (unpaired) electrons. The Bertz CT molecular complexity index is 1640. The Morgan fingerprint density at radius 2 is 1.14 bits per heavy atom. The number of rotatable bonds is 22. The number of hydrogen-bond donors (Lipinski definition) is 11. The van der Waals surface area contributed by atoms with E-state index in [2.05, 4.69) is 26.6 Å². The maximum Gasteiger partial charge on any atom is 0.326 e. The van der Waals surface area contributed by atoms with Crippen LogP contribution in [-0.4, -0.2) is 158 Å². The maximum atomic E-state index is 13.9. The van der Waals surface area contributed by atoms with Crippen LogP contribution in [0.15, 0.2) is 0 Å². The second-order valence-electron chi connectivity index (χ2n) is 14.9. The van der Waals surface area contributed by atoms with Gasteiger partial charge in [0.05, 0.1) is 25.0 Å². The summed E-state index contributed by atoms with van der Waals surface area (Å²) in [5.74, 6) is -11.5. The summed E-state index contributed by atoms with van der Waals surface area (Å²) in [4.78, 5) is 142. The summed E-state index contributed by atoms with van der Waals surface area (Å²) in [6, 6.07) is -11.4. The second kappa shape index (κ2) is 22.3. The third kappa shape index (κ3) is 14.5. The standard InChI is InChI=1S/C35H56N10O14/c1-15(2)26(35(58)59)42-28(51)16(3)39-32(55)27(17(4)46)43-29(52)19(9-10-25(49)50)40-30(53)22-8-6-12-45(22)34(57)20(14-24(38)48)41-31(54)21-7-5-11-44(21)33(56)18(36)13-23(37)47/h15-22,26-27,46H,5-14,36H2,1-4H3,(H2,37,47)(H2,38,48)(H,39,55)(H,40,53)(H,41,54)(H,42,51)(H,43,52)(H,49,50)(H,58,59)/t16-,17+,18-,19-,20-,21-,22-,26-,27-/m0/s1. The molecule has 2 aliphatic heterocycles. The number of aliphatic hydroxyl groups is 1. The fourth-order valence-corrected chi connectivity index (χ4v) is 6.62. The molecule has 330 valence electrons. The number of nitrogens with two attached hydrogens (primary N) is 3. The lowest BCUT2D eigenvalue weighted by Gasteiger charge is -2.31. The van der Waals surface area contributed by atoms with Gasteiger partial charge in [0.25, 0.3) is 0 Å². The quantitative estimate of drug-likeness (QED) is 0.0484. The lowest BCUT2D eigenvalue weighted by Crippen LogP contribution is -2.61. The molecule has 0 saturated carbocycles. The van der Waals surface area contributed by atoms with Crippen LogP contribution < -0.4 is 43.8 Å². The van der Waals surface area contributed by atoms with Gasteiger partial charge < -0.3 is 68.9 Å². The number of nitrogens with one attached hydrogen (secondary N) is 5. The van der Waals surface area contributed by atoms with Gasteiger partial charge >= 0.3 is 11.9 Å². The Morgan fingerprint density at radius 1 is 0.644 bits per heavy atom. The van der Waals surface area contributed by atoms with Crippen LogP contribution in [0.25, 0.3) is 0 Å². The number of carbonyl (C=O) groups is 11. The molecule has 2 rings (SSSR count).